The van der Waals surface area contributed by atoms with Crippen LogP contribution in [-0.4, -0.2) is 38.8 Å². The van der Waals surface area contributed by atoms with E-state index in [0.29, 0.717) is 40.2 Å². The maximum atomic E-state index is 13.0. The summed E-state index contributed by atoms with van der Waals surface area (Å²) < 4.78 is 18.2. The Morgan fingerprint density at radius 1 is 1.25 bits per heavy atom. The molecular weight excluding hydrogens is 396 g/mol. The number of amides is 1. The lowest BCUT2D eigenvalue weighted by Crippen LogP contribution is -2.38. The number of carbonyl (C=O) groups excluding carboxylic acids is 1. The van der Waals surface area contributed by atoms with E-state index in [1.807, 2.05) is 30.0 Å². The number of aromatic nitrogens is 1. The molecule has 0 N–H and O–H groups in total. The van der Waals surface area contributed by atoms with Gasteiger partial charge in [0.25, 0.3) is 5.91 Å². The number of oxazole rings is 1. The highest BCUT2D eigenvalue weighted by Gasteiger charge is 2.29. The van der Waals surface area contributed by atoms with Gasteiger partial charge in [-0.2, -0.15) is 0 Å². The van der Waals surface area contributed by atoms with E-state index in [1.54, 1.807) is 24.3 Å². The number of likely N-dealkylation sites (tertiary alicyclic amines) is 1. The topological polar surface area (TPSA) is 63.4 Å². The Morgan fingerprint density at radius 2 is 2.00 bits per heavy atom. The van der Waals surface area contributed by atoms with Gasteiger partial charge in [0.1, 0.15) is 5.52 Å². The summed E-state index contributed by atoms with van der Waals surface area (Å²) in [5, 5.41) is 0.635. The number of piperidine rings is 1. The van der Waals surface area contributed by atoms with Gasteiger partial charge in [0.15, 0.2) is 11.5 Å². The third-order valence-electron chi connectivity index (χ3n) is 5.12. The Kier molecular flexibility index (Phi) is 5.51. The molecule has 1 aromatic heterocycles. The van der Waals surface area contributed by atoms with E-state index >= 15 is 0 Å². The third-order valence-corrected chi connectivity index (χ3v) is 6.73. The molecule has 28 heavy (non-hydrogen) atoms. The van der Waals surface area contributed by atoms with Gasteiger partial charge in [-0.05, 0) is 43.2 Å². The predicted molar refractivity (Wildman–Crippen MR) is 110 cm³/mol. The zero-order valence-corrected chi connectivity index (χ0v) is 17.1. The van der Waals surface area contributed by atoms with E-state index in [9.17, 15) is 9.00 Å². The molecule has 0 radical (unpaired) electrons. The fourth-order valence-corrected chi connectivity index (χ4v) is 4.70. The van der Waals surface area contributed by atoms with Gasteiger partial charge in [0.05, 0.1) is 21.3 Å². The zero-order valence-electron chi connectivity index (χ0n) is 15.6. The first-order chi connectivity index (χ1) is 13.6. The van der Waals surface area contributed by atoms with Crippen molar-refractivity contribution in [3.63, 3.8) is 0 Å². The van der Waals surface area contributed by atoms with Crippen molar-refractivity contribution >= 4 is 39.4 Å². The van der Waals surface area contributed by atoms with Crippen molar-refractivity contribution in [2.75, 3.05) is 18.8 Å². The molecule has 5 nitrogen and oxygen atoms in total. The van der Waals surface area contributed by atoms with Crippen LogP contribution in [0.25, 0.3) is 11.1 Å². The first-order valence-electron chi connectivity index (χ1n) is 9.39. The Hall–Kier alpha value is -2.18. The van der Waals surface area contributed by atoms with Crippen molar-refractivity contribution in [2.45, 2.75) is 30.6 Å². The minimum atomic E-state index is -1.16. The zero-order chi connectivity index (χ0) is 19.7. The molecule has 1 amide bonds. The van der Waals surface area contributed by atoms with Crippen LogP contribution in [0.4, 0.5) is 0 Å². The Bertz CT molecular complexity index is 1040. The monoisotopic (exact) mass is 416 g/mol. The number of hydrogen-bond donors (Lipinski definition) is 0. The molecular formula is C21H21ClN2O3S. The van der Waals surface area contributed by atoms with Crippen molar-refractivity contribution < 1.29 is 13.4 Å². The molecule has 1 unspecified atom stereocenters. The van der Waals surface area contributed by atoms with Crippen LogP contribution < -0.4 is 0 Å². The molecule has 0 spiro atoms. The van der Waals surface area contributed by atoms with Gasteiger partial charge in [0, 0.05) is 29.8 Å². The van der Waals surface area contributed by atoms with Crippen molar-refractivity contribution in [1.82, 2.24) is 9.88 Å². The second-order valence-electron chi connectivity index (χ2n) is 6.86. The fraction of sp³-hybridized carbons (Fsp3) is 0.333. The van der Waals surface area contributed by atoms with Crippen molar-refractivity contribution in [3.8, 4) is 0 Å². The molecule has 146 valence electrons. The molecule has 1 fully saturated rings. The lowest BCUT2D eigenvalue weighted by molar-refractivity contribution is 0.0703. The molecule has 2 heterocycles. The van der Waals surface area contributed by atoms with Gasteiger partial charge in [-0.3, -0.25) is 9.00 Å². The summed E-state index contributed by atoms with van der Waals surface area (Å²) in [6.07, 6.45) is 1.57. The summed E-state index contributed by atoms with van der Waals surface area (Å²) in [5.41, 5.74) is 2.03. The van der Waals surface area contributed by atoms with Crippen LogP contribution >= 0.6 is 11.6 Å². The lowest BCUT2D eigenvalue weighted by Gasteiger charge is -2.31. The van der Waals surface area contributed by atoms with Crippen LogP contribution in [0.5, 0.6) is 0 Å². The average molecular weight is 417 g/mol. The number of nitrogens with zero attached hydrogens (tertiary/aromatic N) is 2. The third kappa shape index (κ3) is 3.71. The van der Waals surface area contributed by atoms with Crippen LogP contribution in [0.3, 0.4) is 0 Å². The van der Waals surface area contributed by atoms with Gasteiger partial charge >= 0.3 is 0 Å². The van der Waals surface area contributed by atoms with E-state index in [0.717, 1.165) is 23.9 Å². The Labute approximate surface area is 171 Å². The minimum Gasteiger partial charge on any atom is -0.440 e. The molecule has 4 rings (SSSR count). The number of benzene rings is 2. The SMILES string of the molecule is CCS(=O)c1ccccc1C(=O)N1CCC(c2nc3cc(Cl)ccc3o2)CC1. The second kappa shape index (κ2) is 8.05. The van der Waals surface area contributed by atoms with Crippen LogP contribution in [0, 0.1) is 0 Å². The summed E-state index contributed by atoms with van der Waals surface area (Å²) >= 11 is 6.02. The standard InChI is InChI=1S/C21H21ClN2O3S/c1-2-28(26)19-6-4-3-5-16(19)21(25)24-11-9-14(10-12-24)20-23-17-13-15(22)7-8-18(17)27-20/h3-8,13-14H,2,9-12H2,1H3. The summed E-state index contributed by atoms with van der Waals surface area (Å²) in [6, 6.07) is 12.6. The minimum absolute atomic E-state index is 0.0554. The normalized spacial score (nSPS) is 16.4. The van der Waals surface area contributed by atoms with Crippen molar-refractivity contribution in [2.24, 2.45) is 0 Å². The molecule has 1 aliphatic rings. The number of halogens is 1. The van der Waals surface area contributed by atoms with Gasteiger partial charge < -0.3 is 9.32 Å². The molecule has 3 aromatic rings. The summed E-state index contributed by atoms with van der Waals surface area (Å²) in [4.78, 5) is 20.0. The van der Waals surface area contributed by atoms with Crippen molar-refractivity contribution in [3.05, 3.63) is 58.9 Å². The Balaban J connectivity index is 1.48. The van der Waals surface area contributed by atoms with E-state index < -0.39 is 10.8 Å². The molecule has 1 saturated heterocycles. The summed E-state index contributed by atoms with van der Waals surface area (Å²) in [7, 11) is -1.16. The number of fused-ring (bicyclic) bond motifs is 1. The Morgan fingerprint density at radius 3 is 2.75 bits per heavy atom. The first-order valence-corrected chi connectivity index (χ1v) is 11.1. The number of carbonyl (C=O) groups is 1. The van der Waals surface area contributed by atoms with Gasteiger partial charge in [-0.15, -0.1) is 0 Å². The van der Waals surface area contributed by atoms with Crippen LogP contribution in [0.1, 0.15) is 41.9 Å². The maximum absolute atomic E-state index is 13.0. The largest absolute Gasteiger partial charge is 0.440 e. The molecule has 1 aliphatic heterocycles. The molecule has 2 aromatic carbocycles. The molecule has 1 atom stereocenters. The van der Waals surface area contributed by atoms with Gasteiger partial charge in [0.2, 0.25) is 0 Å². The lowest BCUT2D eigenvalue weighted by atomic mass is 9.96. The molecule has 0 saturated carbocycles. The van der Waals surface area contributed by atoms with Gasteiger partial charge in [-0.25, -0.2) is 4.98 Å². The van der Waals surface area contributed by atoms with E-state index in [-0.39, 0.29) is 11.8 Å². The molecule has 0 aliphatic carbocycles. The maximum Gasteiger partial charge on any atom is 0.255 e. The quantitative estimate of drug-likeness (QED) is 0.622. The van der Waals surface area contributed by atoms with Crippen LogP contribution in [0.2, 0.25) is 5.02 Å². The first kappa shape index (κ1) is 19.2. The smallest absolute Gasteiger partial charge is 0.255 e. The highest BCUT2D eigenvalue weighted by atomic mass is 35.5. The van der Waals surface area contributed by atoms with Crippen LogP contribution in [-0.2, 0) is 10.8 Å². The van der Waals surface area contributed by atoms with E-state index in [2.05, 4.69) is 4.98 Å². The molecule has 0 bridgehead atoms. The van der Waals surface area contributed by atoms with Gasteiger partial charge in [-0.1, -0.05) is 30.7 Å². The summed E-state index contributed by atoms with van der Waals surface area (Å²) in [6.45, 7) is 3.10. The number of hydrogen-bond acceptors (Lipinski definition) is 4. The highest BCUT2D eigenvalue weighted by Crippen LogP contribution is 2.31. The van der Waals surface area contributed by atoms with E-state index in [4.69, 9.17) is 16.0 Å². The van der Waals surface area contributed by atoms with Crippen molar-refractivity contribution in [1.29, 1.82) is 0 Å². The number of rotatable bonds is 4. The fourth-order valence-electron chi connectivity index (χ4n) is 3.59. The summed E-state index contributed by atoms with van der Waals surface area (Å²) in [5.74, 6) is 1.32. The second-order valence-corrected chi connectivity index (χ2v) is 9.01. The van der Waals surface area contributed by atoms with Crippen LogP contribution in [0.15, 0.2) is 51.8 Å². The average Bonchev–Trinajstić information content (AvgIpc) is 3.16. The van der Waals surface area contributed by atoms with E-state index in [1.165, 1.54) is 0 Å². The molecule has 7 heteroatoms. The predicted octanol–water partition coefficient (Wildman–Crippen LogP) is 4.63. The highest BCUT2D eigenvalue weighted by molar-refractivity contribution is 7.85.